The van der Waals surface area contributed by atoms with Gasteiger partial charge in [-0.15, -0.1) is 0 Å². The molecule has 1 atom stereocenters. The number of carbonyl (C=O) groups excluding carboxylic acids is 2. The molecule has 0 saturated heterocycles. The Hall–Kier alpha value is -2.89. The second-order valence-corrected chi connectivity index (χ2v) is 7.21. The third-order valence-corrected chi connectivity index (χ3v) is 5.46. The minimum absolute atomic E-state index is 0.0393. The summed E-state index contributed by atoms with van der Waals surface area (Å²) in [6, 6.07) is 9.48. The van der Waals surface area contributed by atoms with Crippen LogP contribution in [0, 0.1) is 5.92 Å². The Balaban J connectivity index is 1.58. The second kappa shape index (κ2) is 7.39. The monoisotopic (exact) mass is 365 g/mol. The molecule has 2 N–H and O–H groups in total. The minimum Gasteiger partial charge on any atom is -0.481 e. The summed E-state index contributed by atoms with van der Waals surface area (Å²) < 4.78 is 5.11. The van der Waals surface area contributed by atoms with Crippen LogP contribution in [-0.4, -0.2) is 23.9 Å². The Morgan fingerprint density at radius 3 is 2.74 bits per heavy atom. The van der Waals surface area contributed by atoms with Crippen molar-refractivity contribution in [3.8, 4) is 5.88 Å². The number of nitrogens with one attached hydrogen (secondary N) is 2. The molecule has 140 valence electrons. The zero-order valence-electron chi connectivity index (χ0n) is 15.3. The van der Waals surface area contributed by atoms with Crippen LogP contribution in [0.4, 0.5) is 11.4 Å². The van der Waals surface area contributed by atoms with Gasteiger partial charge in [-0.05, 0) is 36.1 Å². The predicted octanol–water partition coefficient (Wildman–Crippen LogP) is 3.69. The van der Waals surface area contributed by atoms with E-state index in [-0.39, 0.29) is 23.7 Å². The summed E-state index contributed by atoms with van der Waals surface area (Å²) in [7, 11) is 1.58. The largest absolute Gasteiger partial charge is 0.481 e. The summed E-state index contributed by atoms with van der Waals surface area (Å²) in [6.07, 6.45) is 6.28. The van der Waals surface area contributed by atoms with Gasteiger partial charge in [0.1, 0.15) is 0 Å². The van der Waals surface area contributed by atoms with E-state index in [4.69, 9.17) is 4.74 Å². The van der Waals surface area contributed by atoms with Crippen molar-refractivity contribution in [1.82, 2.24) is 4.98 Å². The molecule has 1 aliphatic heterocycles. The normalized spacial score (nSPS) is 19.3. The fourth-order valence-corrected chi connectivity index (χ4v) is 3.99. The van der Waals surface area contributed by atoms with E-state index in [0.29, 0.717) is 12.3 Å². The second-order valence-electron chi connectivity index (χ2n) is 7.21. The van der Waals surface area contributed by atoms with Crippen LogP contribution in [0.5, 0.6) is 5.88 Å². The average Bonchev–Trinajstić information content (AvgIpc) is 3.22. The van der Waals surface area contributed by atoms with Crippen molar-refractivity contribution in [1.29, 1.82) is 0 Å². The third-order valence-electron chi connectivity index (χ3n) is 5.46. The third kappa shape index (κ3) is 3.65. The number of aromatic nitrogens is 1. The lowest BCUT2D eigenvalue weighted by Gasteiger charge is -2.26. The van der Waals surface area contributed by atoms with Crippen LogP contribution >= 0.6 is 0 Å². The lowest BCUT2D eigenvalue weighted by molar-refractivity contribution is -0.119. The van der Waals surface area contributed by atoms with Crippen LogP contribution < -0.4 is 15.4 Å². The first-order valence-electron chi connectivity index (χ1n) is 9.38. The quantitative estimate of drug-likeness (QED) is 0.866. The maximum Gasteiger partial charge on any atom is 0.227 e. The Morgan fingerprint density at radius 1 is 1.22 bits per heavy atom. The maximum absolute atomic E-state index is 12.4. The van der Waals surface area contributed by atoms with Gasteiger partial charge in [-0.3, -0.25) is 9.59 Å². The number of methoxy groups -OCH3 is 1. The highest BCUT2D eigenvalue weighted by molar-refractivity contribution is 5.98. The molecule has 2 aliphatic rings. The SMILES string of the molecule is COc1ccc([C@H]2CC(=O)Nc3cc(NC(=O)C4CCCC4)ccc32)cn1. The van der Waals surface area contributed by atoms with E-state index in [0.717, 1.165) is 48.2 Å². The standard InChI is InChI=1S/C21H23N3O3/c1-27-20-9-6-14(12-22-20)17-11-19(25)24-18-10-15(7-8-16(17)18)23-21(26)13-4-2-3-5-13/h6-10,12-13,17H,2-5,11H2,1H3,(H,23,26)(H,24,25)/t17-/m1/s1. The first-order chi connectivity index (χ1) is 13.1. The molecule has 4 rings (SSSR count). The molecule has 6 nitrogen and oxygen atoms in total. The first kappa shape index (κ1) is 17.5. The summed E-state index contributed by atoms with van der Waals surface area (Å²) in [6.45, 7) is 0. The summed E-state index contributed by atoms with van der Waals surface area (Å²) in [4.78, 5) is 28.9. The molecular formula is C21H23N3O3. The molecule has 1 aliphatic carbocycles. The first-order valence-corrected chi connectivity index (χ1v) is 9.38. The van der Waals surface area contributed by atoms with Gasteiger partial charge in [-0.25, -0.2) is 4.98 Å². The van der Waals surface area contributed by atoms with Gasteiger partial charge in [0.2, 0.25) is 17.7 Å². The van der Waals surface area contributed by atoms with Gasteiger partial charge in [-0.1, -0.05) is 25.0 Å². The predicted molar refractivity (Wildman–Crippen MR) is 103 cm³/mol. The smallest absolute Gasteiger partial charge is 0.227 e. The summed E-state index contributed by atoms with van der Waals surface area (Å²) >= 11 is 0. The lowest BCUT2D eigenvalue weighted by Crippen LogP contribution is -2.24. The van der Waals surface area contributed by atoms with Crippen LogP contribution in [-0.2, 0) is 9.59 Å². The van der Waals surface area contributed by atoms with Crippen LogP contribution in [0.15, 0.2) is 36.5 Å². The Bertz CT molecular complexity index is 857. The van der Waals surface area contributed by atoms with E-state index in [1.807, 2.05) is 24.3 Å². The van der Waals surface area contributed by atoms with Crippen molar-refractivity contribution >= 4 is 23.2 Å². The Morgan fingerprint density at radius 2 is 2.04 bits per heavy atom. The number of benzene rings is 1. The molecule has 6 heteroatoms. The van der Waals surface area contributed by atoms with Gasteiger partial charge in [0.05, 0.1) is 7.11 Å². The number of hydrogen-bond acceptors (Lipinski definition) is 4. The van der Waals surface area contributed by atoms with Crippen molar-refractivity contribution in [2.24, 2.45) is 5.92 Å². The van der Waals surface area contributed by atoms with Gasteiger partial charge in [0.15, 0.2) is 0 Å². The van der Waals surface area contributed by atoms with Crippen LogP contribution in [0.2, 0.25) is 0 Å². The zero-order valence-corrected chi connectivity index (χ0v) is 15.3. The van der Waals surface area contributed by atoms with Crippen molar-refractivity contribution in [2.45, 2.75) is 38.0 Å². The topological polar surface area (TPSA) is 80.3 Å². The van der Waals surface area contributed by atoms with E-state index in [1.54, 1.807) is 19.4 Å². The number of carbonyl (C=O) groups is 2. The van der Waals surface area contributed by atoms with E-state index < -0.39 is 0 Å². The number of hydrogen-bond donors (Lipinski definition) is 2. The number of ether oxygens (including phenoxy) is 1. The van der Waals surface area contributed by atoms with Gasteiger partial charge in [0.25, 0.3) is 0 Å². The van der Waals surface area contributed by atoms with Crippen molar-refractivity contribution in [2.75, 3.05) is 17.7 Å². The zero-order chi connectivity index (χ0) is 18.8. The fraction of sp³-hybridized carbons (Fsp3) is 0.381. The number of pyridine rings is 1. The maximum atomic E-state index is 12.4. The summed E-state index contributed by atoms with van der Waals surface area (Å²) in [5.74, 6) is 0.623. The molecule has 0 bridgehead atoms. The highest BCUT2D eigenvalue weighted by atomic mass is 16.5. The molecule has 2 heterocycles. The van der Waals surface area contributed by atoms with E-state index in [2.05, 4.69) is 15.6 Å². The molecular weight excluding hydrogens is 342 g/mol. The van der Waals surface area contributed by atoms with E-state index >= 15 is 0 Å². The van der Waals surface area contributed by atoms with Gasteiger partial charge in [0, 0.05) is 41.9 Å². The van der Waals surface area contributed by atoms with Crippen molar-refractivity contribution in [3.63, 3.8) is 0 Å². The van der Waals surface area contributed by atoms with Crippen molar-refractivity contribution in [3.05, 3.63) is 47.7 Å². The molecule has 1 aromatic heterocycles. The molecule has 0 radical (unpaired) electrons. The fourth-order valence-electron chi connectivity index (χ4n) is 3.99. The Labute approximate surface area is 158 Å². The highest BCUT2D eigenvalue weighted by Gasteiger charge is 2.28. The molecule has 0 unspecified atom stereocenters. The molecule has 0 spiro atoms. The Kier molecular flexibility index (Phi) is 4.79. The number of nitrogens with zero attached hydrogens (tertiary/aromatic N) is 1. The molecule has 2 amide bonds. The highest BCUT2D eigenvalue weighted by Crippen LogP contribution is 2.38. The van der Waals surface area contributed by atoms with Gasteiger partial charge < -0.3 is 15.4 Å². The van der Waals surface area contributed by atoms with E-state index in [9.17, 15) is 9.59 Å². The summed E-state index contributed by atoms with van der Waals surface area (Å²) in [5.41, 5.74) is 3.46. The minimum atomic E-state index is -0.0632. The number of rotatable bonds is 4. The molecule has 1 fully saturated rings. The average molecular weight is 365 g/mol. The molecule has 27 heavy (non-hydrogen) atoms. The number of fused-ring (bicyclic) bond motifs is 1. The van der Waals surface area contributed by atoms with Gasteiger partial charge in [-0.2, -0.15) is 0 Å². The lowest BCUT2D eigenvalue weighted by atomic mass is 9.85. The molecule has 1 saturated carbocycles. The molecule has 1 aromatic carbocycles. The van der Waals surface area contributed by atoms with Crippen LogP contribution in [0.1, 0.15) is 49.1 Å². The summed E-state index contributed by atoms with van der Waals surface area (Å²) in [5, 5.41) is 5.93. The molecule has 2 aromatic rings. The van der Waals surface area contributed by atoms with E-state index in [1.165, 1.54) is 0 Å². The van der Waals surface area contributed by atoms with Crippen molar-refractivity contribution < 1.29 is 14.3 Å². The van der Waals surface area contributed by atoms with Gasteiger partial charge >= 0.3 is 0 Å². The number of anilines is 2. The number of amides is 2. The van der Waals surface area contributed by atoms with Crippen LogP contribution in [0.3, 0.4) is 0 Å². The van der Waals surface area contributed by atoms with Crippen LogP contribution in [0.25, 0.3) is 0 Å².